The lowest BCUT2D eigenvalue weighted by atomic mass is 10.6. The van der Waals surface area contributed by atoms with Crippen molar-refractivity contribution in [1.82, 2.24) is 15.7 Å². The normalized spacial score (nSPS) is 9.12. The SMILES string of the molecule is [N]c1cc(Cl)ncn1. The molecule has 8 heavy (non-hydrogen) atoms. The number of halogens is 1. The highest BCUT2D eigenvalue weighted by molar-refractivity contribution is 6.29. The highest BCUT2D eigenvalue weighted by Gasteiger charge is 1.88. The smallest absolute Gasteiger partial charge is 0.179 e. The number of rotatable bonds is 0. The number of hydrogen-bond acceptors (Lipinski definition) is 2. The summed E-state index contributed by atoms with van der Waals surface area (Å²) in [4.78, 5) is 6.93. The van der Waals surface area contributed by atoms with Gasteiger partial charge >= 0.3 is 0 Å². The minimum Gasteiger partial charge on any atom is -0.224 e. The fourth-order valence-electron chi connectivity index (χ4n) is 0.324. The molecule has 40 valence electrons. The van der Waals surface area contributed by atoms with Gasteiger partial charge in [-0.15, -0.1) is 5.73 Å². The summed E-state index contributed by atoms with van der Waals surface area (Å²) in [6, 6.07) is 1.27. The zero-order valence-electron chi connectivity index (χ0n) is 3.87. The average molecular weight is 128 g/mol. The summed E-state index contributed by atoms with van der Waals surface area (Å²) >= 11 is 5.33. The molecule has 1 aromatic rings. The van der Waals surface area contributed by atoms with Gasteiger partial charge in [-0.05, 0) is 0 Å². The van der Waals surface area contributed by atoms with Crippen molar-refractivity contribution in [2.24, 2.45) is 0 Å². The first-order valence-electron chi connectivity index (χ1n) is 1.95. The molecule has 0 spiro atoms. The Bertz CT molecular complexity index is 171. The zero-order valence-corrected chi connectivity index (χ0v) is 4.63. The van der Waals surface area contributed by atoms with Crippen LogP contribution in [0.3, 0.4) is 0 Å². The first-order valence-corrected chi connectivity index (χ1v) is 2.33. The largest absolute Gasteiger partial charge is 0.224 e. The van der Waals surface area contributed by atoms with E-state index in [4.69, 9.17) is 17.3 Å². The molecule has 0 unspecified atom stereocenters. The Morgan fingerprint density at radius 2 is 2.25 bits per heavy atom. The van der Waals surface area contributed by atoms with Crippen molar-refractivity contribution in [2.75, 3.05) is 0 Å². The van der Waals surface area contributed by atoms with Gasteiger partial charge in [0.05, 0.1) is 0 Å². The molecule has 1 aromatic heterocycles. The Labute approximate surface area is 51.5 Å². The van der Waals surface area contributed by atoms with Crippen molar-refractivity contribution in [3.63, 3.8) is 0 Å². The molecule has 3 nitrogen and oxygen atoms in total. The second-order valence-corrected chi connectivity index (χ2v) is 1.59. The van der Waals surface area contributed by atoms with E-state index in [1.165, 1.54) is 12.4 Å². The molecule has 0 saturated heterocycles. The van der Waals surface area contributed by atoms with E-state index in [0.29, 0.717) is 0 Å². The molecule has 0 atom stereocenters. The van der Waals surface area contributed by atoms with E-state index in [0.717, 1.165) is 0 Å². The number of aromatic nitrogens is 2. The van der Waals surface area contributed by atoms with E-state index in [9.17, 15) is 0 Å². The molecular weight excluding hydrogens is 126 g/mol. The second kappa shape index (κ2) is 1.96. The second-order valence-electron chi connectivity index (χ2n) is 1.20. The van der Waals surface area contributed by atoms with Crippen molar-refractivity contribution in [2.45, 2.75) is 0 Å². The molecule has 0 fully saturated rings. The molecule has 1 heterocycles. The van der Waals surface area contributed by atoms with E-state index >= 15 is 0 Å². The van der Waals surface area contributed by atoms with Crippen LogP contribution in [0.4, 0.5) is 5.82 Å². The third kappa shape index (κ3) is 1.07. The summed E-state index contributed by atoms with van der Waals surface area (Å²) in [7, 11) is 0. The molecule has 0 bridgehead atoms. The van der Waals surface area contributed by atoms with Crippen LogP contribution in [0.2, 0.25) is 5.15 Å². The van der Waals surface area contributed by atoms with Gasteiger partial charge in [-0.2, -0.15) is 0 Å². The van der Waals surface area contributed by atoms with Crippen molar-refractivity contribution in [3.8, 4) is 0 Å². The van der Waals surface area contributed by atoms with Crippen LogP contribution in [0.25, 0.3) is 0 Å². The van der Waals surface area contributed by atoms with Crippen LogP contribution < -0.4 is 5.73 Å². The third-order valence-corrected chi connectivity index (χ3v) is 0.826. The van der Waals surface area contributed by atoms with Gasteiger partial charge in [-0.25, -0.2) is 9.97 Å². The van der Waals surface area contributed by atoms with Crippen LogP contribution >= 0.6 is 11.6 Å². The quantitative estimate of drug-likeness (QED) is 0.485. The Morgan fingerprint density at radius 1 is 1.50 bits per heavy atom. The first-order chi connectivity index (χ1) is 3.79. The van der Waals surface area contributed by atoms with Gasteiger partial charge in [0.2, 0.25) is 0 Å². The summed E-state index contributed by atoms with van der Waals surface area (Å²) < 4.78 is 0. The van der Waals surface area contributed by atoms with Crippen molar-refractivity contribution in [3.05, 3.63) is 17.5 Å². The minimum absolute atomic E-state index is 0.106. The van der Waals surface area contributed by atoms with Gasteiger partial charge in [0.15, 0.2) is 5.82 Å². The lowest BCUT2D eigenvalue weighted by Crippen LogP contribution is -1.78. The summed E-state index contributed by atoms with van der Waals surface area (Å²) in [6.07, 6.45) is 1.19. The molecular formula is C4H2ClN3. The predicted octanol–water partition coefficient (Wildman–Crippen LogP) is 0.830. The van der Waals surface area contributed by atoms with Crippen LogP contribution in [-0.2, 0) is 0 Å². The maximum atomic E-state index is 8.58. The van der Waals surface area contributed by atoms with Gasteiger partial charge in [0, 0.05) is 6.07 Å². The first kappa shape index (κ1) is 5.31. The van der Waals surface area contributed by atoms with E-state index in [1.54, 1.807) is 0 Å². The van der Waals surface area contributed by atoms with E-state index in [1.807, 2.05) is 0 Å². The molecule has 4 heteroatoms. The molecule has 0 aliphatic heterocycles. The lowest BCUT2D eigenvalue weighted by Gasteiger charge is -1.84. The van der Waals surface area contributed by atoms with Gasteiger partial charge in [0.25, 0.3) is 0 Å². The highest BCUT2D eigenvalue weighted by Crippen LogP contribution is 2.04. The Balaban J connectivity index is 3.08. The van der Waals surface area contributed by atoms with E-state index in [-0.39, 0.29) is 11.0 Å². The van der Waals surface area contributed by atoms with E-state index < -0.39 is 0 Å². The van der Waals surface area contributed by atoms with Crippen molar-refractivity contribution >= 4 is 17.4 Å². The molecule has 0 N–H and O–H groups in total. The maximum absolute atomic E-state index is 8.58. The van der Waals surface area contributed by atoms with Crippen molar-refractivity contribution < 1.29 is 0 Å². The summed E-state index contributed by atoms with van der Waals surface area (Å²) in [6.45, 7) is 0. The highest BCUT2D eigenvalue weighted by atomic mass is 35.5. The molecule has 1 rings (SSSR count). The van der Waals surface area contributed by atoms with Crippen molar-refractivity contribution in [1.29, 1.82) is 0 Å². The summed E-state index contributed by atoms with van der Waals surface area (Å²) in [5.41, 5.74) is 8.58. The molecule has 0 saturated carbocycles. The molecule has 0 amide bonds. The minimum atomic E-state index is -0.106. The van der Waals surface area contributed by atoms with Gasteiger partial charge in [0.1, 0.15) is 11.5 Å². The Morgan fingerprint density at radius 3 is 2.62 bits per heavy atom. The number of nitrogens with zero attached hydrogens (tertiary/aromatic N) is 3. The zero-order chi connectivity index (χ0) is 5.98. The fourth-order valence-corrected chi connectivity index (χ4v) is 0.465. The van der Waals surface area contributed by atoms with Crippen LogP contribution in [0.15, 0.2) is 12.4 Å². The predicted molar refractivity (Wildman–Crippen MR) is 28.8 cm³/mol. The monoisotopic (exact) mass is 127 g/mol. The standard InChI is InChI=1S/C4H2ClN3/c5-3-1-4(6)8-2-7-3/h1-2H. The summed E-state index contributed by atoms with van der Waals surface area (Å²) in [5.74, 6) is -0.106. The van der Waals surface area contributed by atoms with Gasteiger partial charge < -0.3 is 0 Å². The Hall–Kier alpha value is -0.830. The van der Waals surface area contributed by atoms with Crippen LogP contribution in [0, 0.1) is 0 Å². The fraction of sp³-hybridized carbons (Fsp3) is 0. The topological polar surface area (TPSA) is 48.1 Å². The average Bonchev–Trinajstić information content (AvgIpc) is 1.64. The van der Waals surface area contributed by atoms with Crippen LogP contribution in [0.1, 0.15) is 0 Å². The number of hydrogen-bond donors (Lipinski definition) is 0. The maximum Gasteiger partial charge on any atom is 0.179 e. The molecule has 2 radical (unpaired) electrons. The van der Waals surface area contributed by atoms with E-state index in [2.05, 4.69) is 9.97 Å². The van der Waals surface area contributed by atoms with Crippen LogP contribution in [0.5, 0.6) is 0 Å². The lowest BCUT2D eigenvalue weighted by molar-refractivity contribution is 1.14. The Kier molecular flexibility index (Phi) is 1.30. The van der Waals surface area contributed by atoms with Crippen LogP contribution in [-0.4, -0.2) is 9.97 Å². The molecule has 0 aromatic carbocycles. The molecule has 0 aliphatic rings. The van der Waals surface area contributed by atoms with Gasteiger partial charge in [-0.1, -0.05) is 11.6 Å². The molecule has 0 aliphatic carbocycles. The van der Waals surface area contributed by atoms with Gasteiger partial charge in [-0.3, -0.25) is 0 Å². The summed E-state index contributed by atoms with van der Waals surface area (Å²) in [5, 5.41) is 0.248. The third-order valence-electron chi connectivity index (χ3n) is 0.619.